The van der Waals surface area contributed by atoms with E-state index in [1.807, 2.05) is 56.3 Å². The lowest BCUT2D eigenvalue weighted by molar-refractivity contribution is 0.102. The molecule has 0 atom stereocenters. The molecule has 2 aromatic heterocycles. The monoisotopic (exact) mass is 396 g/mol. The predicted molar refractivity (Wildman–Crippen MR) is 118 cm³/mol. The van der Waals surface area contributed by atoms with Gasteiger partial charge in [0.05, 0.1) is 11.2 Å². The van der Waals surface area contributed by atoms with Crippen molar-refractivity contribution in [3.05, 3.63) is 95.4 Å². The first-order valence-electron chi connectivity index (χ1n) is 9.51. The quantitative estimate of drug-likeness (QED) is 0.521. The maximum atomic E-state index is 12.8. The maximum absolute atomic E-state index is 12.8. The van der Waals surface area contributed by atoms with Gasteiger partial charge >= 0.3 is 0 Å². The Morgan fingerprint density at radius 3 is 2.30 bits per heavy atom. The van der Waals surface area contributed by atoms with Gasteiger partial charge in [-0.2, -0.15) is 0 Å². The van der Waals surface area contributed by atoms with Crippen LogP contribution in [0.25, 0.3) is 10.9 Å². The number of hydrogen-bond acceptors (Lipinski definition) is 4. The van der Waals surface area contributed by atoms with Gasteiger partial charge in [0, 0.05) is 29.0 Å². The highest BCUT2D eigenvalue weighted by molar-refractivity contribution is 6.10. The molecule has 2 amide bonds. The van der Waals surface area contributed by atoms with Crippen molar-refractivity contribution in [2.75, 3.05) is 10.6 Å². The van der Waals surface area contributed by atoms with Crippen molar-refractivity contribution in [1.82, 2.24) is 9.97 Å². The van der Waals surface area contributed by atoms with Crippen molar-refractivity contribution >= 4 is 34.1 Å². The standard InChI is InChI=1S/C24H20N4O2/c1-15-6-3-7-16(2)21(15)28-23(29)18-11-13-25-20(14-18)24(30)27-19-10-4-8-17-9-5-12-26-22(17)19/h3-14H,1-2H3,(H,27,30)(H,28,29). The Morgan fingerprint density at radius 2 is 1.50 bits per heavy atom. The number of carbonyl (C=O) groups excluding carboxylic acids is 2. The molecule has 148 valence electrons. The lowest BCUT2D eigenvalue weighted by Crippen LogP contribution is -2.17. The highest BCUT2D eigenvalue weighted by Crippen LogP contribution is 2.22. The number of aryl methyl sites for hydroxylation is 2. The second-order valence-corrected chi connectivity index (χ2v) is 6.99. The van der Waals surface area contributed by atoms with E-state index in [0.29, 0.717) is 16.8 Å². The van der Waals surface area contributed by atoms with Crippen LogP contribution in [0.1, 0.15) is 32.0 Å². The van der Waals surface area contributed by atoms with Gasteiger partial charge in [-0.15, -0.1) is 0 Å². The largest absolute Gasteiger partial charge is 0.322 e. The molecule has 6 nitrogen and oxygen atoms in total. The average Bonchev–Trinajstić information content (AvgIpc) is 2.76. The Bertz CT molecular complexity index is 1240. The molecule has 0 fully saturated rings. The predicted octanol–water partition coefficient (Wildman–Crippen LogP) is 4.75. The molecule has 0 unspecified atom stereocenters. The number of nitrogens with zero attached hydrogens (tertiary/aromatic N) is 2. The topological polar surface area (TPSA) is 84.0 Å². The molecule has 2 N–H and O–H groups in total. The molecule has 4 rings (SSSR count). The molecule has 0 saturated heterocycles. The zero-order chi connectivity index (χ0) is 21.1. The van der Waals surface area contributed by atoms with E-state index < -0.39 is 5.91 Å². The summed E-state index contributed by atoms with van der Waals surface area (Å²) in [5, 5.41) is 6.69. The number of benzene rings is 2. The molecule has 0 bridgehead atoms. The van der Waals surface area contributed by atoms with Crippen LogP contribution in [-0.2, 0) is 0 Å². The number of anilines is 2. The molecule has 0 radical (unpaired) electrons. The SMILES string of the molecule is Cc1cccc(C)c1NC(=O)c1ccnc(C(=O)Nc2cccc3cccnc23)c1. The lowest BCUT2D eigenvalue weighted by atomic mass is 10.1. The number of nitrogens with one attached hydrogen (secondary N) is 2. The van der Waals surface area contributed by atoms with Crippen LogP contribution in [0, 0.1) is 13.8 Å². The van der Waals surface area contributed by atoms with Crippen LogP contribution in [-0.4, -0.2) is 21.8 Å². The molecular weight excluding hydrogens is 376 g/mol. The molecule has 4 aromatic rings. The Morgan fingerprint density at radius 1 is 0.767 bits per heavy atom. The van der Waals surface area contributed by atoms with Crippen molar-refractivity contribution < 1.29 is 9.59 Å². The average molecular weight is 396 g/mol. The third kappa shape index (κ3) is 3.89. The van der Waals surface area contributed by atoms with Gasteiger partial charge < -0.3 is 10.6 Å². The summed E-state index contributed by atoms with van der Waals surface area (Å²) in [6.07, 6.45) is 3.13. The molecular formula is C24H20N4O2. The van der Waals surface area contributed by atoms with Crippen LogP contribution >= 0.6 is 0 Å². The fourth-order valence-electron chi connectivity index (χ4n) is 3.28. The van der Waals surface area contributed by atoms with Gasteiger partial charge in [0.1, 0.15) is 5.69 Å². The van der Waals surface area contributed by atoms with E-state index in [4.69, 9.17) is 0 Å². The summed E-state index contributed by atoms with van der Waals surface area (Å²) in [5.41, 5.74) is 4.50. The van der Waals surface area contributed by atoms with Gasteiger partial charge in [0.15, 0.2) is 0 Å². The fourth-order valence-corrected chi connectivity index (χ4v) is 3.28. The Balaban J connectivity index is 1.57. The number of carbonyl (C=O) groups is 2. The molecule has 2 heterocycles. The van der Waals surface area contributed by atoms with E-state index in [-0.39, 0.29) is 11.6 Å². The zero-order valence-electron chi connectivity index (χ0n) is 16.6. The summed E-state index contributed by atoms with van der Waals surface area (Å²) in [6.45, 7) is 3.87. The van der Waals surface area contributed by atoms with E-state index in [9.17, 15) is 9.59 Å². The number of para-hydroxylation sites is 2. The summed E-state index contributed by atoms with van der Waals surface area (Å²) in [6, 6.07) is 18.2. The number of amides is 2. The molecule has 6 heteroatoms. The first kappa shape index (κ1) is 19.3. The summed E-state index contributed by atoms with van der Waals surface area (Å²) < 4.78 is 0. The van der Waals surface area contributed by atoms with E-state index in [2.05, 4.69) is 20.6 Å². The van der Waals surface area contributed by atoms with Crippen LogP contribution in [0.5, 0.6) is 0 Å². The number of fused-ring (bicyclic) bond motifs is 1. The number of aromatic nitrogens is 2. The van der Waals surface area contributed by atoms with E-state index in [1.54, 1.807) is 18.3 Å². The first-order chi connectivity index (χ1) is 14.5. The van der Waals surface area contributed by atoms with Gasteiger partial charge in [-0.25, -0.2) is 0 Å². The van der Waals surface area contributed by atoms with E-state index in [0.717, 1.165) is 22.2 Å². The lowest BCUT2D eigenvalue weighted by Gasteiger charge is -2.12. The summed E-state index contributed by atoms with van der Waals surface area (Å²) in [5.74, 6) is -0.703. The molecule has 30 heavy (non-hydrogen) atoms. The van der Waals surface area contributed by atoms with Crippen LogP contribution in [0.2, 0.25) is 0 Å². The van der Waals surface area contributed by atoms with Gasteiger partial charge in [-0.3, -0.25) is 19.6 Å². The van der Waals surface area contributed by atoms with Gasteiger partial charge in [-0.1, -0.05) is 36.4 Å². The number of rotatable bonds is 4. The molecule has 0 spiro atoms. The number of hydrogen-bond donors (Lipinski definition) is 2. The smallest absolute Gasteiger partial charge is 0.274 e. The minimum absolute atomic E-state index is 0.150. The van der Waals surface area contributed by atoms with E-state index in [1.165, 1.54) is 12.3 Å². The van der Waals surface area contributed by atoms with Crippen molar-refractivity contribution in [3.63, 3.8) is 0 Å². The fraction of sp³-hybridized carbons (Fsp3) is 0.0833. The second-order valence-electron chi connectivity index (χ2n) is 6.99. The molecule has 0 aliphatic heterocycles. The van der Waals surface area contributed by atoms with Crippen LogP contribution < -0.4 is 10.6 Å². The highest BCUT2D eigenvalue weighted by Gasteiger charge is 2.15. The summed E-state index contributed by atoms with van der Waals surface area (Å²) >= 11 is 0. The third-order valence-electron chi connectivity index (χ3n) is 4.86. The van der Waals surface area contributed by atoms with Crippen molar-refractivity contribution in [3.8, 4) is 0 Å². The summed E-state index contributed by atoms with van der Waals surface area (Å²) in [7, 11) is 0. The minimum atomic E-state index is -0.408. The van der Waals surface area contributed by atoms with Crippen molar-refractivity contribution in [1.29, 1.82) is 0 Å². The molecule has 2 aromatic carbocycles. The Hall–Kier alpha value is -4.06. The minimum Gasteiger partial charge on any atom is -0.322 e. The Kier molecular flexibility index (Phi) is 5.22. The second kappa shape index (κ2) is 8.13. The third-order valence-corrected chi connectivity index (χ3v) is 4.86. The van der Waals surface area contributed by atoms with Crippen molar-refractivity contribution in [2.24, 2.45) is 0 Å². The molecule has 0 saturated carbocycles. The maximum Gasteiger partial charge on any atom is 0.274 e. The van der Waals surface area contributed by atoms with Gasteiger partial charge in [-0.05, 0) is 49.2 Å². The Labute approximate surface area is 174 Å². The molecule has 0 aliphatic carbocycles. The van der Waals surface area contributed by atoms with Gasteiger partial charge in [0.25, 0.3) is 11.8 Å². The van der Waals surface area contributed by atoms with Crippen molar-refractivity contribution in [2.45, 2.75) is 13.8 Å². The zero-order valence-corrected chi connectivity index (χ0v) is 16.6. The number of pyridine rings is 2. The molecule has 0 aliphatic rings. The van der Waals surface area contributed by atoms with Gasteiger partial charge in [0.2, 0.25) is 0 Å². The van der Waals surface area contributed by atoms with E-state index >= 15 is 0 Å². The summed E-state index contributed by atoms with van der Waals surface area (Å²) in [4.78, 5) is 34.0. The normalized spacial score (nSPS) is 10.6. The van der Waals surface area contributed by atoms with Crippen LogP contribution in [0.15, 0.2) is 73.1 Å². The van der Waals surface area contributed by atoms with Crippen LogP contribution in [0.4, 0.5) is 11.4 Å². The highest BCUT2D eigenvalue weighted by atomic mass is 16.2. The first-order valence-corrected chi connectivity index (χ1v) is 9.51. The van der Waals surface area contributed by atoms with Crippen LogP contribution in [0.3, 0.4) is 0 Å².